The van der Waals surface area contributed by atoms with Crippen molar-refractivity contribution in [1.82, 2.24) is 4.90 Å². The third kappa shape index (κ3) is 6.63. The third-order valence-electron chi connectivity index (χ3n) is 6.70. The van der Waals surface area contributed by atoms with Crippen LogP contribution in [0.2, 0.25) is 0 Å². The van der Waals surface area contributed by atoms with E-state index in [0.717, 1.165) is 12.0 Å². The molecular weight excluding hydrogens is 350 g/mol. The Labute approximate surface area is 181 Å². The molecule has 162 valence electrons. The Balaban J connectivity index is 3.16. The quantitative estimate of drug-likeness (QED) is 0.379. The van der Waals surface area contributed by atoms with Crippen molar-refractivity contribution in [2.75, 3.05) is 7.05 Å². The SMILES string of the molecule is C=C(/C(C)=C\C(C)=C(/C)N(C)C(C)(CC)CCCC)c1cccc(C(C)(C)C)c1. The Kier molecular flexibility index (Phi) is 9.00. The van der Waals surface area contributed by atoms with Crippen LogP contribution in [0.3, 0.4) is 0 Å². The second kappa shape index (κ2) is 10.3. The molecule has 1 nitrogen and oxygen atoms in total. The van der Waals surface area contributed by atoms with E-state index < -0.39 is 0 Å². The molecule has 0 N–H and O–H groups in total. The number of rotatable bonds is 9. The minimum atomic E-state index is 0.145. The van der Waals surface area contributed by atoms with Crippen LogP contribution in [-0.4, -0.2) is 17.5 Å². The maximum absolute atomic E-state index is 4.41. The lowest BCUT2D eigenvalue weighted by Crippen LogP contribution is -2.42. The monoisotopic (exact) mass is 395 g/mol. The fourth-order valence-corrected chi connectivity index (χ4v) is 3.73. The van der Waals surface area contributed by atoms with Crippen LogP contribution in [0.5, 0.6) is 0 Å². The van der Waals surface area contributed by atoms with E-state index in [1.807, 2.05) is 0 Å². The zero-order valence-corrected chi connectivity index (χ0v) is 20.9. The number of benzene rings is 1. The topological polar surface area (TPSA) is 3.24 Å². The van der Waals surface area contributed by atoms with Crippen LogP contribution >= 0.6 is 0 Å². The highest BCUT2D eigenvalue weighted by Crippen LogP contribution is 2.31. The molecule has 0 radical (unpaired) electrons. The van der Waals surface area contributed by atoms with E-state index in [9.17, 15) is 0 Å². The van der Waals surface area contributed by atoms with E-state index in [0.29, 0.717) is 0 Å². The molecule has 1 atom stereocenters. The third-order valence-corrected chi connectivity index (χ3v) is 6.70. The number of nitrogens with zero attached hydrogens (tertiary/aromatic N) is 1. The van der Waals surface area contributed by atoms with Crippen LogP contribution in [0.1, 0.15) is 99.1 Å². The van der Waals surface area contributed by atoms with E-state index in [1.54, 1.807) is 0 Å². The van der Waals surface area contributed by atoms with Crippen molar-refractivity contribution >= 4 is 5.57 Å². The van der Waals surface area contributed by atoms with Crippen molar-refractivity contribution in [1.29, 1.82) is 0 Å². The molecule has 0 saturated heterocycles. The first kappa shape index (κ1) is 25.3. The first-order valence-corrected chi connectivity index (χ1v) is 11.3. The molecule has 0 aromatic heterocycles. The normalized spacial score (nSPS) is 15.6. The molecule has 0 spiro atoms. The largest absolute Gasteiger partial charge is 0.373 e. The van der Waals surface area contributed by atoms with Gasteiger partial charge < -0.3 is 4.90 Å². The molecule has 1 aromatic rings. The Hall–Kier alpha value is -1.76. The first-order valence-electron chi connectivity index (χ1n) is 11.3. The Morgan fingerprint density at radius 1 is 1.07 bits per heavy atom. The molecule has 0 bridgehead atoms. The summed E-state index contributed by atoms with van der Waals surface area (Å²) in [5.74, 6) is 0. The molecule has 0 aliphatic heterocycles. The van der Waals surface area contributed by atoms with Crippen LogP contribution in [0.4, 0.5) is 0 Å². The van der Waals surface area contributed by atoms with Crippen molar-refractivity contribution in [2.24, 2.45) is 0 Å². The standard InChI is InChI=1S/C28H45N/c1-12-14-18-28(10,13-2)29(11)24(6)22(4)19-21(3)23(5)25-16-15-17-26(20-25)27(7,8)9/h15-17,19-20H,5,12-14,18H2,1-4,6-11H3/b21-19-,24-22+. The summed E-state index contributed by atoms with van der Waals surface area (Å²) < 4.78 is 0. The van der Waals surface area contributed by atoms with Crippen molar-refractivity contribution in [2.45, 2.75) is 99.0 Å². The lowest BCUT2D eigenvalue weighted by molar-refractivity contribution is 0.158. The van der Waals surface area contributed by atoms with Crippen molar-refractivity contribution < 1.29 is 0 Å². The van der Waals surface area contributed by atoms with Crippen LogP contribution in [0.15, 0.2) is 53.8 Å². The lowest BCUT2D eigenvalue weighted by Gasteiger charge is -2.41. The molecule has 1 rings (SSSR count). The van der Waals surface area contributed by atoms with Gasteiger partial charge in [0, 0.05) is 18.3 Å². The smallest absolute Gasteiger partial charge is 0.0365 e. The molecule has 0 heterocycles. The summed E-state index contributed by atoms with van der Waals surface area (Å²) in [6, 6.07) is 8.82. The van der Waals surface area contributed by atoms with Crippen molar-refractivity contribution in [3.63, 3.8) is 0 Å². The number of unbranched alkanes of at least 4 members (excludes halogenated alkanes) is 1. The summed E-state index contributed by atoms with van der Waals surface area (Å²) in [6.45, 7) is 24.8. The molecule has 0 aliphatic rings. The highest BCUT2D eigenvalue weighted by atomic mass is 15.2. The average molecular weight is 396 g/mol. The fourth-order valence-electron chi connectivity index (χ4n) is 3.73. The maximum Gasteiger partial charge on any atom is 0.0365 e. The van der Waals surface area contributed by atoms with E-state index in [4.69, 9.17) is 0 Å². The van der Waals surface area contributed by atoms with Gasteiger partial charge >= 0.3 is 0 Å². The molecule has 0 fully saturated rings. The average Bonchev–Trinajstić information content (AvgIpc) is 2.69. The minimum Gasteiger partial charge on any atom is -0.373 e. The van der Waals surface area contributed by atoms with Gasteiger partial charge in [-0.05, 0) is 73.8 Å². The van der Waals surface area contributed by atoms with Crippen LogP contribution < -0.4 is 0 Å². The van der Waals surface area contributed by atoms with E-state index >= 15 is 0 Å². The zero-order valence-electron chi connectivity index (χ0n) is 20.9. The molecule has 1 heteroatoms. The lowest BCUT2D eigenvalue weighted by atomic mass is 9.85. The molecule has 0 amide bonds. The van der Waals surface area contributed by atoms with E-state index in [2.05, 4.69) is 111 Å². The Morgan fingerprint density at radius 2 is 1.69 bits per heavy atom. The summed E-state index contributed by atoms with van der Waals surface area (Å²) in [4.78, 5) is 2.49. The van der Waals surface area contributed by atoms with Gasteiger partial charge in [0.1, 0.15) is 0 Å². The van der Waals surface area contributed by atoms with Crippen molar-refractivity contribution in [3.05, 3.63) is 64.9 Å². The van der Waals surface area contributed by atoms with Crippen LogP contribution in [0.25, 0.3) is 5.57 Å². The van der Waals surface area contributed by atoms with Gasteiger partial charge in [-0.25, -0.2) is 0 Å². The van der Waals surface area contributed by atoms with Gasteiger partial charge in [0.2, 0.25) is 0 Å². The summed E-state index contributed by atoms with van der Waals surface area (Å²) in [6.07, 6.45) is 7.21. The predicted molar refractivity (Wildman–Crippen MR) is 132 cm³/mol. The fraction of sp³-hybridized carbons (Fsp3) is 0.571. The van der Waals surface area contributed by atoms with Gasteiger partial charge in [0.05, 0.1) is 0 Å². The zero-order chi connectivity index (χ0) is 22.4. The number of hydrogen-bond acceptors (Lipinski definition) is 1. The van der Waals surface area contributed by atoms with Gasteiger partial charge in [-0.2, -0.15) is 0 Å². The van der Waals surface area contributed by atoms with Gasteiger partial charge in [0.25, 0.3) is 0 Å². The predicted octanol–water partition coefficient (Wildman–Crippen LogP) is 8.53. The van der Waals surface area contributed by atoms with Gasteiger partial charge in [0.15, 0.2) is 0 Å². The maximum atomic E-state index is 4.41. The Bertz CT molecular complexity index is 757. The molecule has 0 aliphatic carbocycles. The molecule has 1 unspecified atom stereocenters. The van der Waals surface area contributed by atoms with Crippen molar-refractivity contribution in [3.8, 4) is 0 Å². The molecule has 0 saturated carbocycles. The highest BCUT2D eigenvalue weighted by molar-refractivity contribution is 5.77. The number of hydrogen-bond donors (Lipinski definition) is 0. The highest BCUT2D eigenvalue weighted by Gasteiger charge is 2.27. The van der Waals surface area contributed by atoms with Gasteiger partial charge in [-0.3, -0.25) is 0 Å². The Morgan fingerprint density at radius 3 is 2.21 bits per heavy atom. The van der Waals surface area contributed by atoms with Crippen LogP contribution in [-0.2, 0) is 5.41 Å². The second-order valence-corrected chi connectivity index (χ2v) is 9.92. The van der Waals surface area contributed by atoms with E-state index in [1.165, 1.54) is 47.2 Å². The summed E-state index contributed by atoms with van der Waals surface area (Å²) in [7, 11) is 2.25. The van der Waals surface area contributed by atoms with Gasteiger partial charge in [-0.15, -0.1) is 0 Å². The molecule has 29 heavy (non-hydrogen) atoms. The molecule has 1 aromatic carbocycles. The van der Waals surface area contributed by atoms with Crippen LogP contribution in [0, 0.1) is 0 Å². The van der Waals surface area contributed by atoms with E-state index in [-0.39, 0.29) is 11.0 Å². The second-order valence-electron chi connectivity index (χ2n) is 9.92. The number of allylic oxidation sites excluding steroid dienone is 5. The molecular formula is C28H45N. The summed E-state index contributed by atoms with van der Waals surface area (Å²) in [5.41, 5.74) is 7.92. The van der Waals surface area contributed by atoms with Gasteiger partial charge in [-0.1, -0.05) is 84.4 Å². The summed E-state index contributed by atoms with van der Waals surface area (Å²) in [5, 5.41) is 0. The summed E-state index contributed by atoms with van der Waals surface area (Å²) >= 11 is 0. The first-order chi connectivity index (χ1) is 13.4. The minimum absolute atomic E-state index is 0.145.